The Morgan fingerprint density at radius 1 is 1.14 bits per heavy atom. The molecule has 0 bridgehead atoms. The van der Waals surface area contributed by atoms with Crippen molar-refractivity contribution >= 4 is 17.4 Å². The number of ketones is 1. The van der Waals surface area contributed by atoms with Crippen LogP contribution < -0.4 is 9.47 Å². The van der Waals surface area contributed by atoms with Crippen LogP contribution in [0.4, 0.5) is 0 Å². The molecule has 0 N–H and O–H groups in total. The van der Waals surface area contributed by atoms with E-state index in [0.29, 0.717) is 28.7 Å². The maximum Gasteiger partial charge on any atom is 0.203 e. The number of halogens is 1. The number of carbonyl (C=O) groups is 1. The molecule has 2 rings (SSSR count). The molecule has 0 aliphatic carbocycles. The Bertz CT molecular complexity index is 625. The predicted molar refractivity (Wildman–Crippen MR) is 83.5 cm³/mol. The molecule has 1 unspecified atom stereocenters. The number of hydrogen-bond donors (Lipinski definition) is 0. The van der Waals surface area contributed by atoms with Crippen LogP contribution in [-0.4, -0.2) is 18.5 Å². The second-order valence-corrected chi connectivity index (χ2v) is 4.98. The molecule has 0 aliphatic heterocycles. The van der Waals surface area contributed by atoms with E-state index in [9.17, 15) is 4.79 Å². The first-order valence-electron chi connectivity index (χ1n) is 6.79. The average Bonchev–Trinajstić information content (AvgIpc) is 2.47. The van der Waals surface area contributed by atoms with Gasteiger partial charge in [0.25, 0.3) is 0 Å². The van der Waals surface area contributed by atoms with Crippen molar-refractivity contribution in [3.63, 3.8) is 0 Å². The second kappa shape index (κ2) is 7.14. The van der Waals surface area contributed by atoms with Crippen LogP contribution >= 0.6 is 11.6 Å². The highest BCUT2D eigenvalue weighted by Crippen LogP contribution is 2.20. The van der Waals surface area contributed by atoms with E-state index < -0.39 is 6.10 Å². The van der Waals surface area contributed by atoms with Crippen molar-refractivity contribution in [1.29, 1.82) is 0 Å². The molecule has 0 radical (unpaired) electrons. The Hall–Kier alpha value is -2.00. The summed E-state index contributed by atoms with van der Waals surface area (Å²) in [4.78, 5) is 12.4. The molecule has 2 aromatic carbocycles. The molecule has 0 saturated heterocycles. The van der Waals surface area contributed by atoms with Gasteiger partial charge in [0.1, 0.15) is 11.5 Å². The highest BCUT2D eigenvalue weighted by Gasteiger charge is 2.17. The summed E-state index contributed by atoms with van der Waals surface area (Å²) >= 11 is 5.90. The Labute approximate surface area is 129 Å². The summed E-state index contributed by atoms with van der Waals surface area (Å²) in [7, 11) is 0. The average molecular weight is 305 g/mol. The predicted octanol–water partition coefficient (Wildman–Crippen LogP) is 4.39. The number of Topliss-reactive ketones (excluding diaryl/α,β-unsaturated/α-hetero) is 1. The Morgan fingerprint density at radius 3 is 2.57 bits per heavy atom. The van der Waals surface area contributed by atoms with Crippen molar-refractivity contribution in [2.24, 2.45) is 0 Å². The summed E-state index contributed by atoms with van der Waals surface area (Å²) in [5.41, 5.74) is 0.565. The van der Waals surface area contributed by atoms with E-state index in [-0.39, 0.29) is 5.78 Å². The van der Waals surface area contributed by atoms with Gasteiger partial charge in [0.2, 0.25) is 5.78 Å². The summed E-state index contributed by atoms with van der Waals surface area (Å²) in [6, 6.07) is 14.1. The van der Waals surface area contributed by atoms with Crippen LogP contribution in [0.25, 0.3) is 0 Å². The summed E-state index contributed by atoms with van der Waals surface area (Å²) in [5.74, 6) is 1.15. The van der Waals surface area contributed by atoms with Gasteiger partial charge < -0.3 is 9.47 Å². The van der Waals surface area contributed by atoms with Gasteiger partial charge in [-0.15, -0.1) is 0 Å². The van der Waals surface area contributed by atoms with Crippen molar-refractivity contribution in [2.45, 2.75) is 20.0 Å². The second-order valence-electron chi connectivity index (χ2n) is 4.54. The van der Waals surface area contributed by atoms with E-state index in [4.69, 9.17) is 21.1 Å². The van der Waals surface area contributed by atoms with Gasteiger partial charge in [-0.05, 0) is 44.2 Å². The minimum Gasteiger partial charge on any atom is -0.494 e. The maximum absolute atomic E-state index is 12.4. The summed E-state index contributed by atoms with van der Waals surface area (Å²) in [5, 5.41) is 0.575. The SMILES string of the molecule is CCOc1cccc(C(=O)C(C)Oc2cccc(Cl)c2)c1. The zero-order chi connectivity index (χ0) is 15.2. The standard InChI is InChI=1S/C17H17ClO3/c1-3-20-15-8-4-6-13(10-15)17(19)12(2)21-16-9-5-7-14(18)11-16/h4-12H,3H2,1-2H3. The first-order valence-corrected chi connectivity index (χ1v) is 7.17. The molecular weight excluding hydrogens is 288 g/mol. The lowest BCUT2D eigenvalue weighted by Crippen LogP contribution is -2.23. The maximum atomic E-state index is 12.4. The zero-order valence-electron chi connectivity index (χ0n) is 12.0. The first-order chi connectivity index (χ1) is 10.1. The molecule has 0 spiro atoms. The first kappa shape index (κ1) is 15.4. The van der Waals surface area contributed by atoms with Gasteiger partial charge in [-0.1, -0.05) is 29.8 Å². The zero-order valence-corrected chi connectivity index (χ0v) is 12.8. The quantitative estimate of drug-likeness (QED) is 0.743. The number of benzene rings is 2. The molecule has 0 saturated carbocycles. The monoisotopic (exact) mass is 304 g/mol. The minimum atomic E-state index is -0.597. The molecule has 3 nitrogen and oxygen atoms in total. The van der Waals surface area contributed by atoms with E-state index >= 15 is 0 Å². The summed E-state index contributed by atoms with van der Waals surface area (Å²) < 4.78 is 11.0. The Balaban J connectivity index is 2.10. The summed E-state index contributed by atoms with van der Waals surface area (Å²) in [6.07, 6.45) is -0.597. The lowest BCUT2D eigenvalue weighted by Gasteiger charge is -2.14. The molecular formula is C17H17ClO3. The van der Waals surface area contributed by atoms with Crippen molar-refractivity contribution < 1.29 is 14.3 Å². The smallest absolute Gasteiger partial charge is 0.203 e. The minimum absolute atomic E-state index is 0.100. The molecule has 2 aromatic rings. The van der Waals surface area contributed by atoms with Crippen molar-refractivity contribution in [3.8, 4) is 11.5 Å². The third-order valence-electron chi connectivity index (χ3n) is 2.91. The fourth-order valence-corrected chi connectivity index (χ4v) is 2.12. The number of carbonyl (C=O) groups excluding carboxylic acids is 1. The molecule has 0 aliphatic rings. The number of hydrogen-bond acceptors (Lipinski definition) is 3. The molecule has 0 aromatic heterocycles. The van der Waals surface area contributed by atoms with Gasteiger partial charge in [-0.3, -0.25) is 4.79 Å². The van der Waals surface area contributed by atoms with Crippen LogP contribution in [0.15, 0.2) is 48.5 Å². The van der Waals surface area contributed by atoms with Gasteiger partial charge in [0.05, 0.1) is 6.61 Å². The van der Waals surface area contributed by atoms with Gasteiger partial charge in [-0.2, -0.15) is 0 Å². The molecule has 0 fully saturated rings. The van der Waals surface area contributed by atoms with E-state index in [2.05, 4.69) is 0 Å². The molecule has 4 heteroatoms. The molecule has 0 heterocycles. The van der Waals surface area contributed by atoms with E-state index in [0.717, 1.165) is 0 Å². The number of rotatable bonds is 6. The fourth-order valence-electron chi connectivity index (χ4n) is 1.94. The van der Waals surface area contributed by atoms with E-state index in [1.807, 2.05) is 13.0 Å². The lowest BCUT2D eigenvalue weighted by atomic mass is 10.1. The molecule has 0 amide bonds. The van der Waals surface area contributed by atoms with Crippen molar-refractivity contribution in [2.75, 3.05) is 6.61 Å². The van der Waals surface area contributed by atoms with E-state index in [1.54, 1.807) is 49.4 Å². The number of ether oxygens (including phenoxy) is 2. The fraction of sp³-hybridized carbons (Fsp3) is 0.235. The molecule has 1 atom stereocenters. The Kier molecular flexibility index (Phi) is 5.23. The molecule has 110 valence electrons. The van der Waals surface area contributed by atoms with Gasteiger partial charge >= 0.3 is 0 Å². The lowest BCUT2D eigenvalue weighted by molar-refractivity contribution is 0.0817. The van der Waals surface area contributed by atoms with Gasteiger partial charge in [-0.25, -0.2) is 0 Å². The van der Waals surface area contributed by atoms with Crippen molar-refractivity contribution in [1.82, 2.24) is 0 Å². The third-order valence-corrected chi connectivity index (χ3v) is 3.14. The van der Waals surface area contributed by atoms with Crippen LogP contribution in [0, 0.1) is 0 Å². The van der Waals surface area contributed by atoms with Crippen LogP contribution in [0.1, 0.15) is 24.2 Å². The molecule has 21 heavy (non-hydrogen) atoms. The highest BCUT2D eigenvalue weighted by atomic mass is 35.5. The normalized spacial score (nSPS) is 11.8. The van der Waals surface area contributed by atoms with Crippen LogP contribution in [0.5, 0.6) is 11.5 Å². The van der Waals surface area contributed by atoms with Gasteiger partial charge in [0, 0.05) is 10.6 Å². The van der Waals surface area contributed by atoms with Gasteiger partial charge in [0.15, 0.2) is 6.10 Å². The largest absolute Gasteiger partial charge is 0.494 e. The van der Waals surface area contributed by atoms with Crippen LogP contribution in [-0.2, 0) is 0 Å². The van der Waals surface area contributed by atoms with E-state index in [1.165, 1.54) is 0 Å². The van der Waals surface area contributed by atoms with Crippen LogP contribution in [0.3, 0.4) is 0 Å². The van der Waals surface area contributed by atoms with Crippen LogP contribution in [0.2, 0.25) is 5.02 Å². The topological polar surface area (TPSA) is 35.5 Å². The Morgan fingerprint density at radius 2 is 1.86 bits per heavy atom. The highest BCUT2D eigenvalue weighted by molar-refractivity contribution is 6.30. The van der Waals surface area contributed by atoms with Crippen molar-refractivity contribution in [3.05, 3.63) is 59.1 Å². The third kappa shape index (κ3) is 4.23. The summed E-state index contributed by atoms with van der Waals surface area (Å²) in [6.45, 7) is 4.18.